The van der Waals surface area contributed by atoms with Gasteiger partial charge in [0.2, 0.25) is 0 Å². The van der Waals surface area contributed by atoms with Gasteiger partial charge in [-0.15, -0.1) is 0 Å². The van der Waals surface area contributed by atoms with Crippen LogP contribution >= 0.6 is 0 Å². The van der Waals surface area contributed by atoms with E-state index < -0.39 is 17.2 Å². The number of H-pyrrole nitrogens is 1. The van der Waals surface area contributed by atoms with Gasteiger partial charge in [0, 0.05) is 11.8 Å². The maximum Gasteiger partial charge on any atom is 0.328 e. The molecule has 88 valence electrons. The fourth-order valence-electron chi connectivity index (χ4n) is 1.14. The summed E-state index contributed by atoms with van der Waals surface area (Å²) in [6.45, 7) is 3.59. The summed E-state index contributed by atoms with van der Waals surface area (Å²) in [4.78, 5) is 35.7. The smallest absolute Gasteiger partial charge is 0.328 e. The molecule has 0 atom stereocenters. The lowest BCUT2D eigenvalue weighted by molar-refractivity contribution is -0.144. The van der Waals surface area contributed by atoms with E-state index in [1.54, 1.807) is 6.92 Å². The van der Waals surface area contributed by atoms with E-state index in [2.05, 4.69) is 4.98 Å². The Kier molecular flexibility index (Phi) is 4.04. The van der Waals surface area contributed by atoms with Crippen LogP contribution in [0.5, 0.6) is 0 Å². The van der Waals surface area contributed by atoms with Gasteiger partial charge >= 0.3 is 11.7 Å². The van der Waals surface area contributed by atoms with Crippen LogP contribution in [-0.4, -0.2) is 22.1 Å². The second kappa shape index (κ2) is 5.29. The Balaban J connectivity index is 2.82. The highest BCUT2D eigenvalue weighted by molar-refractivity contribution is 5.69. The van der Waals surface area contributed by atoms with Crippen molar-refractivity contribution in [1.29, 1.82) is 0 Å². The number of aryl methyl sites for hydroxylation is 1. The number of aromatic amines is 1. The SMILES string of the molecule is CCCOC(=O)Cn1cc(C)c(=O)[nH]c1=O. The lowest BCUT2D eigenvalue weighted by Gasteiger charge is -2.05. The molecule has 1 aromatic rings. The largest absolute Gasteiger partial charge is 0.464 e. The lowest BCUT2D eigenvalue weighted by Crippen LogP contribution is -2.33. The first-order valence-electron chi connectivity index (χ1n) is 5.00. The monoisotopic (exact) mass is 226 g/mol. The predicted octanol–water partition coefficient (Wildman–Crippen LogP) is -0.202. The number of nitrogens with one attached hydrogen (secondary N) is 1. The molecule has 0 saturated carbocycles. The van der Waals surface area contributed by atoms with Crippen LogP contribution in [0.3, 0.4) is 0 Å². The first kappa shape index (κ1) is 12.2. The van der Waals surface area contributed by atoms with E-state index in [4.69, 9.17) is 4.74 Å². The quantitative estimate of drug-likeness (QED) is 0.721. The normalized spacial score (nSPS) is 10.1. The molecule has 0 radical (unpaired) electrons. The number of hydrogen-bond acceptors (Lipinski definition) is 4. The predicted molar refractivity (Wildman–Crippen MR) is 57.3 cm³/mol. The number of carbonyl (C=O) groups is 1. The van der Waals surface area contributed by atoms with Gasteiger partial charge in [-0.05, 0) is 13.3 Å². The molecular formula is C10H14N2O4. The van der Waals surface area contributed by atoms with Crippen molar-refractivity contribution < 1.29 is 9.53 Å². The highest BCUT2D eigenvalue weighted by Crippen LogP contribution is 1.88. The van der Waals surface area contributed by atoms with Crippen molar-refractivity contribution in [2.75, 3.05) is 6.61 Å². The second-order valence-corrected chi connectivity index (χ2v) is 3.42. The highest BCUT2D eigenvalue weighted by atomic mass is 16.5. The fraction of sp³-hybridized carbons (Fsp3) is 0.500. The summed E-state index contributed by atoms with van der Waals surface area (Å²) in [6.07, 6.45) is 2.07. The standard InChI is InChI=1S/C10H14N2O4/c1-3-4-16-8(13)6-12-5-7(2)9(14)11-10(12)15/h5H,3-4,6H2,1-2H3,(H,11,14,15). The van der Waals surface area contributed by atoms with Crippen molar-refractivity contribution in [3.63, 3.8) is 0 Å². The Morgan fingerprint density at radius 2 is 2.19 bits per heavy atom. The van der Waals surface area contributed by atoms with E-state index in [9.17, 15) is 14.4 Å². The van der Waals surface area contributed by atoms with Crippen LogP contribution in [0, 0.1) is 6.92 Å². The van der Waals surface area contributed by atoms with Crippen molar-refractivity contribution in [3.05, 3.63) is 32.6 Å². The summed E-state index contributed by atoms with van der Waals surface area (Å²) in [6, 6.07) is 0. The van der Waals surface area contributed by atoms with Crippen molar-refractivity contribution in [3.8, 4) is 0 Å². The summed E-state index contributed by atoms with van der Waals surface area (Å²) < 4.78 is 5.95. The summed E-state index contributed by atoms with van der Waals surface area (Å²) >= 11 is 0. The average Bonchev–Trinajstić information content (AvgIpc) is 2.23. The van der Waals surface area contributed by atoms with E-state index in [-0.39, 0.29) is 6.54 Å². The first-order valence-corrected chi connectivity index (χ1v) is 5.00. The maximum absolute atomic E-state index is 11.3. The molecule has 0 aromatic carbocycles. The molecule has 0 aliphatic heterocycles. The van der Waals surface area contributed by atoms with Gasteiger partial charge in [0.05, 0.1) is 6.61 Å². The van der Waals surface area contributed by atoms with Gasteiger partial charge in [0.1, 0.15) is 6.54 Å². The summed E-state index contributed by atoms with van der Waals surface area (Å²) in [5, 5.41) is 0. The van der Waals surface area contributed by atoms with Gasteiger partial charge in [-0.25, -0.2) is 4.79 Å². The van der Waals surface area contributed by atoms with E-state index in [0.29, 0.717) is 12.2 Å². The second-order valence-electron chi connectivity index (χ2n) is 3.42. The minimum absolute atomic E-state index is 0.184. The van der Waals surface area contributed by atoms with Crippen LogP contribution in [0.2, 0.25) is 0 Å². The molecule has 1 rings (SSSR count). The van der Waals surface area contributed by atoms with E-state index in [1.165, 1.54) is 6.20 Å². The average molecular weight is 226 g/mol. The van der Waals surface area contributed by atoms with Crippen molar-refractivity contribution in [2.45, 2.75) is 26.8 Å². The number of nitrogens with zero attached hydrogens (tertiary/aromatic N) is 1. The number of ether oxygens (including phenoxy) is 1. The molecule has 0 aliphatic carbocycles. The Morgan fingerprint density at radius 1 is 1.50 bits per heavy atom. The summed E-state index contributed by atoms with van der Waals surface area (Å²) in [5.41, 5.74) is -0.671. The molecule has 0 bridgehead atoms. The van der Waals surface area contributed by atoms with Crippen molar-refractivity contribution in [2.24, 2.45) is 0 Å². The van der Waals surface area contributed by atoms with Crippen LogP contribution in [-0.2, 0) is 16.1 Å². The van der Waals surface area contributed by atoms with Gasteiger partial charge < -0.3 is 4.74 Å². The van der Waals surface area contributed by atoms with Crippen LogP contribution in [0.15, 0.2) is 15.8 Å². The summed E-state index contributed by atoms with van der Waals surface area (Å²) in [5.74, 6) is -0.490. The fourth-order valence-corrected chi connectivity index (χ4v) is 1.14. The molecular weight excluding hydrogens is 212 g/mol. The molecule has 16 heavy (non-hydrogen) atoms. The Bertz CT molecular complexity index is 486. The molecule has 6 heteroatoms. The van der Waals surface area contributed by atoms with Crippen LogP contribution in [0.25, 0.3) is 0 Å². The molecule has 1 aromatic heterocycles. The molecule has 0 unspecified atom stereocenters. The zero-order chi connectivity index (χ0) is 12.1. The van der Waals surface area contributed by atoms with E-state index >= 15 is 0 Å². The lowest BCUT2D eigenvalue weighted by atomic mass is 10.4. The van der Waals surface area contributed by atoms with Gasteiger partial charge in [-0.2, -0.15) is 0 Å². The molecule has 1 N–H and O–H groups in total. The summed E-state index contributed by atoms with van der Waals surface area (Å²) in [7, 11) is 0. The maximum atomic E-state index is 11.3. The molecule has 0 aliphatic rings. The van der Waals surface area contributed by atoms with Gasteiger partial charge in [0.25, 0.3) is 5.56 Å². The third kappa shape index (κ3) is 3.08. The van der Waals surface area contributed by atoms with Gasteiger partial charge in [-0.1, -0.05) is 6.92 Å². The number of esters is 1. The number of hydrogen-bond donors (Lipinski definition) is 1. The third-order valence-corrected chi connectivity index (χ3v) is 1.96. The number of aromatic nitrogens is 2. The van der Waals surface area contributed by atoms with Crippen LogP contribution < -0.4 is 11.2 Å². The number of carbonyl (C=O) groups excluding carboxylic acids is 1. The first-order chi connectivity index (χ1) is 7.54. The number of rotatable bonds is 4. The zero-order valence-corrected chi connectivity index (χ0v) is 9.28. The molecule has 0 fully saturated rings. The Morgan fingerprint density at radius 3 is 2.81 bits per heavy atom. The van der Waals surface area contributed by atoms with Gasteiger partial charge in [-0.3, -0.25) is 19.1 Å². The van der Waals surface area contributed by atoms with Crippen molar-refractivity contribution in [1.82, 2.24) is 9.55 Å². The van der Waals surface area contributed by atoms with E-state index in [1.807, 2.05) is 6.92 Å². The minimum atomic E-state index is -0.607. The van der Waals surface area contributed by atoms with Crippen LogP contribution in [0.1, 0.15) is 18.9 Å². The minimum Gasteiger partial charge on any atom is -0.464 e. The molecule has 1 heterocycles. The zero-order valence-electron chi connectivity index (χ0n) is 9.28. The topological polar surface area (TPSA) is 81.2 Å². The van der Waals surface area contributed by atoms with Crippen molar-refractivity contribution >= 4 is 5.97 Å². The van der Waals surface area contributed by atoms with Crippen LogP contribution in [0.4, 0.5) is 0 Å². The highest BCUT2D eigenvalue weighted by Gasteiger charge is 2.06. The Labute approximate surface area is 91.9 Å². The molecule has 0 spiro atoms. The van der Waals surface area contributed by atoms with Gasteiger partial charge in [0.15, 0.2) is 0 Å². The Hall–Kier alpha value is -1.85. The molecule has 6 nitrogen and oxygen atoms in total. The molecule has 0 amide bonds. The third-order valence-electron chi connectivity index (χ3n) is 1.96. The van der Waals surface area contributed by atoms with E-state index in [0.717, 1.165) is 11.0 Å². The molecule has 0 saturated heterocycles.